The highest BCUT2D eigenvalue weighted by Crippen LogP contribution is 2.47. The minimum atomic E-state index is -5.29. The number of amides is 2. The lowest BCUT2D eigenvalue weighted by Crippen LogP contribution is -2.72. The number of aliphatic hydroxyl groups is 1. The van der Waals surface area contributed by atoms with Gasteiger partial charge in [0.25, 0.3) is 5.72 Å². The van der Waals surface area contributed by atoms with Crippen molar-refractivity contribution in [2.75, 3.05) is 7.05 Å². The number of benzene rings is 1. The minimum absolute atomic E-state index is 0.0241. The number of rotatable bonds is 3. The number of alkyl halides is 3. The van der Waals surface area contributed by atoms with Crippen LogP contribution in [0.15, 0.2) is 41.8 Å². The van der Waals surface area contributed by atoms with E-state index >= 15 is 0 Å². The summed E-state index contributed by atoms with van der Waals surface area (Å²) >= 11 is 0.939. The molecule has 1 aromatic heterocycles. The zero-order valence-electron chi connectivity index (χ0n) is 13.9. The maximum absolute atomic E-state index is 13.9. The summed E-state index contributed by atoms with van der Waals surface area (Å²) in [5.74, 6) is -3.14. The molecule has 144 valence electrons. The summed E-state index contributed by atoms with van der Waals surface area (Å²) in [6.45, 7) is 0. The Hall–Kier alpha value is -2.59. The molecule has 10 heteroatoms. The minimum Gasteiger partial charge on any atom is -0.508 e. The zero-order valence-corrected chi connectivity index (χ0v) is 14.7. The van der Waals surface area contributed by atoms with Gasteiger partial charge in [-0.25, -0.2) is 4.79 Å². The van der Waals surface area contributed by atoms with Gasteiger partial charge in [0, 0.05) is 7.05 Å². The molecule has 0 bridgehead atoms. The van der Waals surface area contributed by atoms with Gasteiger partial charge in [-0.2, -0.15) is 13.2 Å². The first-order valence-corrected chi connectivity index (χ1v) is 8.65. The number of Topliss-reactive ketones (excluding diaryl/α,β-unsaturated/α-hetero) is 1. The van der Waals surface area contributed by atoms with Gasteiger partial charge in [0.2, 0.25) is 0 Å². The number of urea groups is 1. The molecule has 3 rings (SSSR count). The van der Waals surface area contributed by atoms with Crippen molar-refractivity contribution in [3.63, 3.8) is 0 Å². The SMILES string of the molecule is CN1C(=O)N[C@@H](c2ccc(O)cc2)[C@@H](C(=O)c2cccs2)[C@]1(O)C(F)(F)F. The fourth-order valence-corrected chi connectivity index (χ4v) is 3.84. The number of nitrogens with zero attached hydrogens (tertiary/aromatic N) is 1. The molecular weight excluding hydrogens is 385 g/mol. The molecule has 0 saturated carbocycles. The van der Waals surface area contributed by atoms with E-state index in [1.54, 1.807) is 0 Å². The Morgan fingerprint density at radius 1 is 1.26 bits per heavy atom. The number of nitrogens with one attached hydrogen (secondary N) is 1. The summed E-state index contributed by atoms with van der Waals surface area (Å²) in [4.78, 5) is 25.2. The molecule has 3 N–H and O–H groups in total. The number of carbonyl (C=O) groups excluding carboxylic acids is 2. The summed E-state index contributed by atoms with van der Waals surface area (Å²) in [7, 11) is 0.782. The molecule has 3 atom stereocenters. The maximum atomic E-state index is 13.9. The molecule has 6 nitrogen and oxygen atoms in total. The molecule has 1 aliphatic rings. The highest BCUT2D eigenvalue weighted by Gasteiger charge is 2.69. The van der Waals surface area contributed by atoms with Gasteiger partial charge in [0.15, 0.2) is 5.78 Å². The number of thiophene rings is 1. The molecule has 2 heterocycles. The Morgan fingerprint density at radius 2 is 1.89 bits per heavy atom. The largest absolute Gasteiger partial charge is 0.508 e. The molecule has 0 aliphatic carbocycles. The topological polar surface area (TPSA) is 89.9 Å². The van der Waals surface area contributed by atoms with Crippen LogP contribution in [0, 0.1) is 5.92 Å². The number of halogens is 3. The third kappa shape index (κ3) is 3.04. The van der Waals surface area contributed by atoms with Crippen molar-refractivity contribution in [1.82, 2.24) is 10.2 Å². The monoisotopic (exact) mass is 400 g/mol. The van der Waals surface area contributed by atoms with Crippen LogP contribution in [0.3, 0.4) is 0 Å². The maximum Gasteiger partial charge on any atom is 0.437 e. The number of phenolic OH excluding ortho intramolecular Hbond substituents is 1. The van der Waals surface area contributed by atoms with E-state index in [0.717, 1.165) is 18.4 Å². The molecule has 0 unspecified atom stereocenters. The molecule has 1 saturated heterocycles. The van der Waals surface area contributed by atoms with E-state index in [2.05, 4.69) is 5.32 Å². The van der Waals surface area contributed by atoms with Gasteiger partial charge in [0.1, 0.15) is 11.7 Å². The lowest BCUT2D eigenvalue weighted by molar-refractivity contribution is -0.322. The lowest BCUT2D eigenvalue weighted by Gasteiger charge is -2.49. The quantitative estimate of drug-likeness (QED) is 0.691. The smallest absolute Gasteiger partial charge is 0.437 e. The second kappa shape index (κ2) is 6.54. The number of carbonyl (C=O) groups is 2. The Balaban J connectivity index is 2.19. The Kier molecular flexibility index (Phi) is 4.64. The van der Waals surface area contributed by atoms with E-state index in [1.165, 1.54) is 41.8 Å². The summed E-state index contributed by atoms with van der Waals surface area (Å²) in [6.07, 6.45) is -5.29. The van der Waals surface area contributed by atoms with Gasteiger partial charge in [-0.15, -0.1) is 11.3 Å². The van der Waals surface area contributed by atoms with Gasteiger partial charge in [-0.3, -0.25) is 9.69 Å². The van der Waals surface area contributed by atoms with Crippen molar-refractivity contribution in [1.29, 1.82) is 0 Å². The summed E-state index contributed by atoms with van der Waals surface area (Å²) in [5, 5.41) is 23.9. The van der Waals surface area contributed by atoms with Crippen molar-refractivity contribution in [3.8, 4) is 5.75 Å². The highest BCUT2D eigenvalue weighted by atomic mass is 32.1. The van der Waals surface area contributed by atoms with Crippen LogP contribution < -0.4 is 5.32 Å². The summed E-state index contributed by atoms with van der Waals surface area (Å²) in [6, 6.07) is 5.25. The fraction of sp³-hybridized carbons (Fsp3) is 0.294. The Morgan fingerprint density at radius 3 is 2.41 bits per heavy atom. The standard InChI is InChI=1S/C17H15F3N2O4S/c1-22-15(25)21-13(9-4-6-10(23)7-5-9)12(16(22,26)17(18,19)20)14(24)11-3-2-8-27-11/h2-8,12-13,23,26H,1H3,(H,21,25)/t12-,13-,16-/m0/s1. The van der Waals surface area contributed by atoms with E-state index in [0.29, 0.717) is 0 Å². The van der Waals surface area contributed by atoms with Crippen LogP contribution >= 0.6 is 11.3 Å². The van der Waals surface area contributed by atoms with Crippen LogP contribution in [0.2, 0.25) is 0 Å². The number of hydrogen-bond donors (Lipinski definition) is 3. The average Bonchev–Trinajstić information content (AvgIpc) is 3.13. The second-order valence-corrected chi connectivity index (χ2v) is 7.07. The van der Waals surface area contributed by atoms with Crippen LogP contribution in [0.5, 0.6) is 5.75 Å². The number of phenols is 1. The van der Waals surface area contributed by atoms with Crippen molar-refractivity contribution in [2.24, 2.45) is 5.92 Å². The molecule has 1 fully saturated rings. The third-order valence-electron chi connectivity index (χ3n) is 4.58. The van der Waals surface area contributed by atoms with Crippen LogP contribution in [0.1, 0.15) is 21.3 Å². The predicted molar refractivity (Wildman–Crippen MR) is 90.3 cm³/mol. The first-order chi connectivity index (χ1) is 12.6. The molecule has 1 aliphatic heterocycles. The first-order valence-electron chi connectivity index (χ1n) is 7.77. The molecular formula is C17H15F3N2O4S. The molecule has 0 radical (unpaired) electrons. The van der Waals surface area contributed by atoms with Crippen molar-refractivity contribution >= 4 is 23.2 Å². The van der Waals surface area contributed by atoms with E-state index in [9.17, 15) is 33.0 Å². The van der Waals surface area contributed by atoms with Crippen LogP contribution in [0.4, 0.5) is 18.0 Å². The third-order valence-corrected chi connectivity index (χ3v) is 5.46. The Labute approximate surface area is 155 Å². The van der Waals surface area contributed by atoms with Crippen molar-refractivity contribution < 1.29 is 33.0 Å². The van der Waals surface area contributed by atoms with E-state index < -0.39 is 35.7 Å². The van der Waals surface area contributed by atoms with Crippen molar-refractivity contribution in [2.45, 2.75) is 17.9 Å². The van der Waals surface area contributed by atoms with Gasteiger partial charge in [0.05, 0.1) is 10.9 Å². The zero-order chi connectivity index (χ0) is 20.0. The van der Waals surface area contributed by atoms with Crippen LogP contribution in [-0.4, -0.2) is 45.9 Å². The summed E-state index contributed by atoms with van der Waals surface area (Å²) in [5.41, 5.74) is -3.56. The van der Waals surface area contributed by atoms with E-state index in [1.807, 2.05) is 0 Å². The molecule has 2 amide bonds. The predicted octanol–water partition coefficient (Wildman–Crippen LogP) is 2.90. The average molecular weight is 400 g/mol. The molecule has 0 spiro atoms. The second-order valence-electron chi connectivity index (χ2n) is 6.12. The van der Waals surface area contributed by atoms with Crippen molar-refractivity contribution in [3.05, 3.63) is 52.2 Å². The lowest BCUT2D eigenvalue weighted by atomic mass is 9.78. The Bertz CT molecular complexity index is 854. The van der Waals surface area contributed by atoms with Gasteiger partial charge < -0.3 is 15.5 Å². The number of ketones is 1. The summed E-state index contributed by atoms with van der Waals surface area (Å²) < 4.78 is 41.7. The number of aromatic hydroxyl groups is 1. The van der Waals surface area contributed by atoms with Gasteiger partial charge >= 0.3 is 12.2 Å². The van der Waals surface area contributed by atoms with Gasteiger partial charge in [-0.1, -0.05) is 18.2 Å². The van der Waals surface area contributed by atoms with Gasteiger partial charge in [-0.05, 0) is 29.1 Å². The first kappa shape index (κ1) is 19.2. The highest BCUT2D eigenvalue weighted by molar-refractivity contribution is 7.12. The normalized spacial score (nSPS) is 26.0. The molecule has 1 aromatic carbocycles. The number of hydrogen-bond acceptors (Lipinski definition) is 5. The molecule has 2 aromatic rings. The fourth-order valence-electron chi connectivity index (χ4n) is 3.14. The van der Waals surface area contributed by atoms with E-state index in [4.69, 9.17) is 0 Å². The van der Waals surface area contributed by atoms with Crippen LogP contribution in [-0.2, 0) is 0 Å². The van der Waals surface area contributed by atoms with Crippen LogP contribution in [0.25, 0.3) is 0 Å². The van der Waals surface area contributed by atoms with E-state index in [-0.39, 0.29) is 21.1 Å². The molecule has 27 heavy (non-hydrogen) atoms.